The lowest BCUT2D eigenvalue weighted by molar-refractivity contribution is -0.137. The molecule has 37 heavy (non-hydrogen) atoms. The van der Waals surface area contributed by atoms with Crippen molar-refractivity contribution < 1.29 is 22.8 Å². The van der Waals surface area contributed by atoms with E-state index >= 15 is 0 Å². The number of imidazole rings is 1. The van der Waals surface area contributed by atoms with Gasteiger partial charge < -0.3 is 16.4 Å². The van der Waals surface area contributed by atoms with Crippen LogP contribution < -0.4 is 11.5 Å². The maximum absolute atomic E-state index is 13.4. The summed E-state index contributed by atoms with van der Waals surface area (Å²) in [7, 11) is 0. The topological polar surface area (TPSA) is 120 Å². The standard InChI is InChI=1S/C26H25F3N6O2/c27-26(28,29)17-4-1-3-16(13-17)19-6-9-25(22(30)36,21-15-34(23(31)37)12-7-20(19)21)8-5-18-14-35-11-2-10-32-24(35)33-18/h1-4,6,10-11,13-14H,5,7-9,12,15H2,(H2,30,36)(H2,31,37). The zero-order chi connectivity index (χ0) is 26.4. The van der Waals surface area contributed by atoms with Gasteiger partial charge in [0.15, 0.2) is 0 Å². The highest BCUT2D eigenvalue weighted by Crippen LogP contribution is 2.49. The third-order valence-corrected chi connectivity index (χ3v) is 7.28. The van der Waals surface area contributed by atoms with Crippen LogP contribution in [0, 0.1) is 5.41 Å². The molecule has 2 aromatic heterocycles. The molecule has 3 aromatic rings. The molecule has 1 aromatic carbocycles. The Kier molecular flexibility index (Phi) is 6.01. The van der Waals surface area contributed by atoms with Gasteiger partial charge in [0, 0.05) is 31.7 Å². The number of carbonyl (C=O) groups excluding carboxylic acids is 2. The van der Waals surface area contributed by atoms with Crippen LogP contribution in [0.4, 0.5) is 18.0 Å². The van der Waals surface area contributed by atoms with E-state index in [0.717, 1.165) is 23.4 Å². The third kappa shape index (κ3) is 4.45. The monoisotopic (exact) mass is 510 g/mol. The first-order valence-electron chi connectivity index (χ1n) is 11.8. The molecule has 192 valence electrons. The number of nitrogens with zero attached hydrogens (tertiary/aromatic N) is 4. The minimum Gasteiger partial charge on any atom is -0.369 e. The number of fused-ring (bicyclic) bond motifs is 1. The summed E-state index contributed by atoms with van der Waals surface area (Å²) in [6.07, 6.45) is 3.84. The van der Waals surface area contributed by atoms with E-state index in [-0.39, 0.29) is 19.5 Å². The van der Waals surface area contributed by atoms with Gasteiger partial charge >= 0.3 is 12.2 Å². The van der Waals surface area contributed by atoms with E-state index in [1.54, 1.807) is 28.8 Å². The molecule has 1 unspecified atom stereocenters. The van der Waals surface area contributed by atoms with Crippen LogP contribution in [0.5, 0.6) is 0 Å². The summed E-state index contributed by atoms with van der Waals surface area (Å²) in [6.45, 7) is 0.369. The first-order valence-corrected chi connectivity index (χ1v) is 11.8. The van der Waals surface area contributed by atoms with Gasteiger partial charge in [-0.15, -0.1) is 0 Å². The van der Waals surface area contributed by atoms with Gasteiger partial charge in [0.2, 0.25) is 11.7 Å². The highest BCUT2D eigenvalue weighted by molar-refractivity contribution is 5.91. The highest BCUT2D eigenvalue weighted by atomic mass is 19.4. The van der Waals surface area contributed by atoms with Gasteiger partial charge in [0.05, 0.1) is 16.7 Å². The van der Waals surface area contributed by atoms with Gasteiger partial charge in [-0.2, -0.15) is 13.2 Å². The number of aryl methyl sites for hydroxylation is 1. The average Bonchev–Trinajstić information content (AvgIpc) is 3.29. The molecular formula is C26H25F3N6O2. The van der Waals surface area contributed by atoms with Crippen LogP contribution in [0.15, 0.2) is 66.1 Å². The quantitative estimate of drug-likeness (QED) is 0.544. The number of primary amides is 2. The van der Waals surface area contributed by atoms with E-state index in [0.29, 0.717) is 41.7 Å². The molecule has 2 aliphatic rings. The second kappa shape index (κ2) is 9.06. The highest BCUT2D eigenvalue weighted by Gasteiger charge is 2.46. The number of rotatable bonds is 5. The minimum atomic E-state index is -4.49. The predicted octanol–water partition coefficient (Wildman–Crippen LogP) is 3.72. The molecule has 1 atom stereocenters. The van der Waals surface area contributed by atoms with Gasteiger partial charge in [-0.3, -0.25) is 9.20 Å². The lowest BCUT2D eigenvalue weighted by atomic mass is 9.64. The number of allylic oxidation sites excluding steroid dienone is 2. The number of urea groups is 1. The van der Waals surface area contributed by atoms with Crippen molar-refractivity contribution >= 4 is 23.3 Å². The summed E-state index contributed by atoms with van der Waals surface area (Å²) >= 11 is 0. The Bertz CT molecular complexity index is 1420. The number of carbonyl (C=O) groups is 2. The minimum absolute atomic E-state index is 0.0800. The smallest absolute Gasteiger partial charge is 0.369 e. The molecule has 4 N–H and O–H groups in total. The number of halogens is 3. The maximum Gasteiger partial charge on any atom is 0.416 e. The molecule has 0 spiro atoms. The van der Waals surface area contributed by atoms with Crippen molar-refractivity contribution in [2.24, 2.45) is 16.9 Å². The molecule has 11 heteroatoms. The van der Waals surface area contributed by atoms with E-state index in [2.05, 4.69) is 9.97 Å². The number of nitrogens with two attached hydrogens (primary N) is 2. The van der Waals surface area contributed by atoms with Crippen LogP contribution in [-0.4, -0.2) is 44.3 Å². The molecule has 3 amide bonds. The Hall–Kier alpha value is -4.15. The summed E-state index contributed by atoms with van der Waals surface area (Å²) in [5.74, 6) is -0.0361. The molecule has 5 rings (SSSR count). The predicted molar refractivity (Wildman–Crippen MR) is 130 cm³/mol. The summed E-state index contributed by atoms with van der Waals surface area (Å²) in [4.78, 5) is 35.3. The summed E-state index contributed by atoms with van der Waals surface area (Å²) in [5, 5.41) is 0. The lowest BCUT2D eigenvalue weighted by Crippen LogP contribution is -2.49. The maximum atomic E-state index is 13.4. The SMILES string of the molecule is NC(=O)N1CCC2=C(C1)C(CCc1cn3cccnc3n1)(C(N)=O)CC=C2c1cccc(C(F)(F)F)c1. The summed E-state index contributed by atoms with van der Waals surface area (Å²) in [5.41, 5.74) is 12.8. The Labute approximate surface area is 210 Å². The van der Waals surface area contributed by atoms with Crippen molar-refractivity contribution in [1.29, 1.82) is 0 Å². The molecule has 1 aliphatic carbocycles. The number of aromatic nitrogens is 3. The zero-order valence-corrected chi connectivity index (χ0v) is 19.8. The van der Waals surface area contributed by atoms with Crippen LogP contribution in [0.2, 0.25) is 0 Å². The van der Waals surface area contributed by atoms with Gasteiger partial charge in [-0.1, -0.05) is 18.2 Å². The van der Waals surface area contributed by atoms with E-state index in [4.69, 9.17) is 11.5 Å². The summed E-state index contributed by atoms with van der Waals surface area (Å²) < 4.78 is 42.0. The van der Waals surface area contributed by atoms with Gasteiger partial charge in [0.25, 0.3) is 0 Å². The molecule has 0 saturated carbocycles. The molecule has 0 radical (unpaired) electrons. The molecule has 0 fully saturated rings. The van der Waals surface area contributed by atoms with E-state index < -0.39 is 29.1 Å². The fourth-order valence-corrected chi connectivity index (χ4v) is 5.33. The fourth-order valence-electron chi connectivity index (χ4n) is 5.33. The lowest BCUT2D eigenvalue weighted by Gasteiger charge is -2.43. The number of benzene rings is 1. The van der Waals surface area contributed by atoms with Crippen LogP contribution in [-0.2, 0) is 17.4 Å². The van der Waals surface area contributed by atoms with Crippen LogP contribution >= 0.6 is 0 Å². The van der Waals surface area contributed by atoms with Crippen molar-refractivity contribution in [3.63, 3.8) is 0 Å². The van der Waals surface area contributed by atoms with Crippen molar-refractivity contribution in [2.75, 3.05) is 13.1 Å². The molecule has 8 nitrogen and oxygen atoms in total. The van der Waals surface area contributed by atoms with Crippen molar-refractivity contribution in [1.82, 2.24) is 19.3 Å². The molecule has 3 heterocycles. The normalized spacial score (nSPS) is 20.1. The van der Waals surface area contributed by atoms with Crippen molar-refractivity contribution in [2.45, 2.75) is 31.9 Å². The van der Waals surface area contributed by atoms with Gasteiger partial charge in [-0.25, -0.2) is 14.8 Å². The third-order valence-electron chi connectivity index (χ3n) is 7.28. The fraction of sp³-hybridized carbons (Fsp3) is 0.308. The van der Waals surface area contributed by atoms with Crippen LogP contribution in [0.25, 0.3) is 11.4 Å². The Morgan fingerprint density at radius 2 is 1.97 bits per heavy atom. The van der Waals surface area contributed by atoms with Gasteiger partial charge in [-0.05, 0) is 66.2 Å². The van der Waals surface area contributed by atoms with E-state index in [9.17, 15) is 22.8 Å². The van der Waals surface area contributed by atoms with E-state index in [1.807, 2.05) is 12.4 Å². The van der Waals surface area contributed by atoms with Crippen LogP contribution in [0.1, 0.15) is 36.1 Å². The number of amides is 3. The molecule has 0 saturated heterocycles. The van der Waals surface area contributed by atoms with Crippen molar-refractivity contribution in [3.05, 3.63) is 83.0 Å². The number of hydrogen-bond acceptors (Lipinski definition) is 4. The van der Waals surface area contributed by atoms with Crippen molar-refractivity contribution in [3.8, 4) is 0 Å². The Morgan fingerprint density at radius 1 is 1.16 bits per heavy atom. The largest absolute Gasteiger partial charge is 0.416 e. The Morgan fingerprint density at radius 3 is 2.68 bits per heavy atom. The second-order valence-corrected chi connectivity index (χ2v) is 9.37. The molecule has 0 bridgehead atoms. The second-order valence-electron chi connectivity index (χ2n) is 9.37. The zero-order valence-electron chi connectivity index (χ0n) is 19.8. The molecular weight excluding hydrogens is 485 g/mol. The van der Waals surface area contributed by atoms with E-state index in [1.165, 1.54) is 11.0 Å². The molecule has 1 aliphatic heterocycles. The number of hydrogen-bond donors (Lipinski definition) is 2. The first kappa shape index (κ1) is 24.5. The number of alkyl halides is 3. The Balaban J connectivity index is 1.55. The van der Waals surface area contributed by atoms with Crippen LogP contribution in [0.3, 0.4) is 0 Å². The summed E-state index contributed by atoms with van der Waals surface area (Å²) in [6, 6.07) is 6.26. The average molecular weight is 511 g/mol. The first-order chi connectivity index (χ1) is 17.6. The van der Waals surface area contributed by atoms with Gasteiger partial charge in [0.1, 0.15) is 0 Å².